The van der Waals surface area contributed by atoms with E-state index in [4.69, 9.17) is 0 Å². The predicted octanol–water partition coefficient (Wildman–Crippen LogP) is 4.62. The zero-order chi connectivity index (χ0) is 14.5. The van der Waals surface area contributed by atoms with Crippen LogP contribution in [0.3, 0.4) is 0 Å². The Morgan fingerprint density at radius 1 is 1.00 bits per heavy atom. The minimum absolute atomic E-state index is 0.500. The molecular weight excluding hydrogens is 234 g/mol. The van der Waals surface area contributed by atoms with E-state index in [0.717, 1.165) is 25.9 Å². The average Bonchev–Trinajstić information content (AvgIpc) is 2.29. The van der Waals surface area contributed by atoms with Crippen LogP contribution < -0.4 is 0 Å². The lowest BCUT2D eigenvalue weighted by atomic mass is 9.90. The lowest BCUT2D eigenvalue weighted by Crippen LogP contribution is -2.29. The summed E-state index contributed by atoms with van der Waals surface area (Å²) in [6.07, 6.45) is 2.14. The van der Waals surface area contributed by atoms with Gasteiger partial charge in [-0.2, -0.15) is 5.06 Å². The fraction of sp³-hybridized carbons (Fsp3) is 0.647. The number of benzene rings is 1. The van der Waals surface area contributed by atoms with Crippen molar-refractivity contribution in [2.75, 3.05) is 13.1 Å². The number of hydrogen-bond donors (Lipinski definition) is 1. The van der Waals surface area contributed by atoms with Crippen molar-refractivity contribution in [2.45, 2.75) is 53.4 Å². The first kappa shape index (κ1) is 16.2. The second kappa shape index (κ2) is 7.06. The third-order valence-corrected chi connectivity index (χ3v) is 3.02. The van der Waals surface area contributed by atoms with Crippen molar-refractivity contribution < 1.29 is 5.21 Å². The second-order valence-corrected chi connectivity index (χ2v) is 7.14. The van der Waals surface area contributed by atoms with Gasteiger partial charge in [0.2, 0.25) is 0 Å². The Morgan fingerprint density at radius 2 is 1.42 bits per heavy atom. The van der Waals surface area contributed by atoms with Gasteiger partial charge in [0.05, 0.1) is 0 Å². The molecule has 0 saturated carbocycles. The van der Waals surface area contributed by atoms with Gasteiger partial charge in [-0.25, -0.2) is 0 Å². The molecule has 0 radical (unpaired) electrons. The highest BCUT2D eigenvalue weighted by atomic mass is 16.5. The molecule has 0 aliphatic carbocycles. The Hall–Kier alpha value is -0.860. The van der Waals surface area contributed by atoms with Crippen LogP contribution in [0.4, 0.5) is 0 Å². The molecule has 1 aromatic rings. The van der Waals surface area contributed by atoms with Gasteiger partial charge in [-0.3, -0.25) is 0 Å². The summed E-state index contributed by atoms with van der Waals surface area (Å²) < 4.78 is 0. The number of piperidine rings is 1. The summed E-state index contributed by atoms with van der Waals surface area (Å²) in [5, 5.41) is 10.7. The summed E-state index contributed by atoms with van der Waals surface area (Å²) >= 11 is 0. The first-order valence-electron chi connectivity index (χ1n) is 7.26. The van der Waals surface area contributed by atoms with Crippen LogP contribution in [0.2, 0.25) is 0 Å². The summed E-state index contributed by atoms with van der Waals surface area (Å²) in [4.78, 5) is 0. The predicted molar refractivity (Wildman–Crippen MR) is 81.6 cm³/mol. The van der Waals surface area contributed by atoms with E-state index in [1.807, 2.05) is 0 Å². The van der Waals surface area contributed by atoms with Crippen LogP contribution in [0.1, 0.15) is 57.6 Å². The molecule has 1 heterocycles. The molecule has 1 saturated heterocycles. The maximum atomic E-state index is 9.25. The van der Waals surface area contributed by atoms with Gasteiger partial charge in [0, 0.05) is 13.1 Å². The third kappa shape index (κ3) is 7.34. The van der Waals surface area contributed by atoms with Crippen LogP contribution >= 0.6 is 0 Å². The second-order valence-electron chi connectivity index (χ2n) is 7.14. The summed E-state index contributed by atoms with van der Waals surface area (Å²) in [6.45, 7) is 12.5. The normalized spacial score (nSPS) is 17.8. The summed E-state index contributed by atoms with van der Waals surface area (Å²) in [7, 11) is 0. The molecule has 2 heteroatoms. The standard InChI is InChI=1S/C12H17NO.C5H12/c1-10-2-4-11(5-3-10)12-6-8-13(14)9-7-12;1-5(2,3)4/h2-5,12,14H,6-9H2,1H3;1-4H3. The highest BCUT2D eigenvalue weighted by Gasteiger charge is 2.18. The molecular formula is C17H29NO. The maximum Gasteiger partial charge on any atom is 0.0244 e. The molecule has 1 fully saturated rings. The topological polar surface area (TPSA) is 23.5 Å². The van der Waals surface area contributed by atoms with Crippen LogP contribution in [0.15, 0.2) is 24.3 Å². The molecule has 108 valence electrons. The van der Waals surface area contributed by atoms with E-state index in [1.165, 1.54) is 16.2 Å². The van der Waals surface area contributed by atoms with Gasteiger partial charge in [0.25, 0.3) is 0 Å². The minimum atomic E-state index is 0.500. The molecule has 1 aromatic carbocycles. The number of rotatable bonds is 1. The summed E-state index contributed by atoms with van der Waals surface area (Å²) in [5.74, 6) is 0.638. The number of aryl methyl sites for hydroxylation is 1. The minimum Gasteiger partial charge on any atom is -0.314 e. The molecule has 1 aliphatic rings. The van der Waals surface area contributed by atoms with Crippen molar-refractivity contribution in [1.82, 2.24) is 5.06 Å². The molecule has 2 rings (SSSR count). The number of nitrogens with zero attached hydrogens (tertiary/aromatic N) is 1. The molecule has 1 aliphatic heterocycles. The Morgan fingerprint density at radius 3 is 1.84 bits per heavy atom. The maximum absolute atomic E-state index is 9.25. The van der Waals surface area contributed by atoms with Gasteiger partial charge in [-0.05, 0) is 36.7 Å². The summed E-state index contributed by atoms with van der Waals surface area (Å²) in [6, 6.07) is 8.77. The van der Waals surface area contributed by atoms with Crippen molar-refractivity contribution >= 4 is 0 Å². The van der Waals surface area contributed by atoms with Gasteiger partial charge in [-0.1, -0.05) is 57.5 Å². The number of hydrogen-bond acceptors (Lipinski definition) is 2. The van der Waals surface area contributed by atoms with E-state index < -0.39 is 0 Å². The Bertz CT molecular complexity index is 350. The molecule has 0 atom stereocenters. The first-order valence-corrected chi connectivity index (χ1v) is 7.26. The molecule has 19 heavy (non-hydrogen) atoms. The lowest BCUT2D eigenvalue weighted by Gasteiger charge is -2.27. The highest BCUT2D eigenvalue weighted by Crippen LogP contribution is 2.27. The highest BCUT2D eigenvalue weighted by molar-refractivity contribution is 5.24. The molecule has 0 spiro atoms. The van der Waals surface area contributed by atoms with Crippen molar-refractivity contribution in [3.8, 4) is 0 Å². The average molecular weight is 263 g/mol. The molecule has 2 nitrogen and oxygen atoms in total. The Kier molecular flexibility index (Phi) is 6.02. The molecule has 0 amide bonds. The zero-order valence-corrected chi connectivity index (χ0v) is 13.1. The quantitative estimate of drug-likeness (QED) is 0.799. The van der Waals surface area contributed by atoms with Crippen LogP contribution in [-0.2, 0) is 0 Å². The van der Waals surface area contributed by atoms with Crippen molar-refractivity contribution in [3.05, 3.63) is 35.4 Å². The van der Waals surface area contributed by atoms with Crippen molar-refractivity contribution in [1.29, 1.82) is 0 Å². The third-order valence-electron chi connectivity index (χ3n) is 3.02. The SMILES string of the molecule is CC(C)(C)C.Cc1ccc(C2CCN(O)CC2)cc1. The van der Waals surface area contributed by atoms with Gasteiger partial charge >= 0.3 is 0 Å². The first-order chi connectivity index (χ1) is 8.75. The molecule has 1 N–H and O–H groups in total. The van der Waals surface area contributed by atoms with E-state index >= 15 is 0 Å². The monoisotopic (exact) mass is 263 g/mol. The fourth-order valence-electron chi connectivity index (χ4n) is 2.04. The van der Waals surface area contributed by atoms with E-state index in [-0.39, 0.29) is 0 Å². The fourth-order valence-corrected chi connectivity index (χ4v) is 2.04. The van der Waals surface area contributed by atoms with Gasteiger partial charge in [0.1, 0.15) is 0 Å². The van der Waals surface area contributed by atoms with E-state index in [0.29, 0.717) is 11.3 Å². The Labute approximate surface area is 118 Å². The van der Waals surface area contributed by atoms with Crippen molar-refractivity contribution in [3.63, 3.8) is 0 Å². The van der Waals surface area contributed by atoms with E-state index in [1.54, 1.807) is 0 Å². The van der Waals surface area contributed by atoms with E-state index in [9.17, 15) is 5.21 Å². The van der Waals surface area contributed by atoms with E-state index in [2.05, 4.69) is 58.9 Å². The van der Waals surface area contributed by atoms with Crippen LogP contribution in [0, 0.1) is 12.3 Å². The largest absolute Gasteiger partial charge is 0.314 e. The van der Waals surface area contributed by atoms with Gasteiger partial charge in [0.15, 0.2) is 0 Å². The molecule has 0 unspecified atom stereocenters. The van der Waals surface area contributed by atoms with Crippen LogP contribution in [0.5, 0.6) is 0 Å². The smallest absolute Gasteiger partial charge is 0.0244 e. The molecule has 0 aromatic heterocycles. The van der Waals surface area contributed by atoms with Gasteiger partial charge < -0.3 is 5.21 Å². The van der Waals surface area contributed by atoms with Gasteiger partial charge in [-0.15, -0.1) is 0 Å². The summed E-state index contributed by atoms with van der Waals surface area (Å²) in [5.41, 5.74) is 3.23. The number of hydroxylamine groups is 2. The lowest BCUT2D eigenvalue weighted by molar-refractivity contribution is -0.106. The Balaban J connectivity index is 0.000000312. The molecule has 0 bridgehead atoms. The van der Waals surface area contributed by atoms with Crippen molar-refractivity contribution in [2.24, 2.45) is 5.41 Å². The van der Waals surface area contributed by atoms with Crippen LogP contribution in [-0.4, -0.2) is 23.4 Å². The van der Waals surface area contributed by atoms with Crippen LogP contribution in [0.25, 0.3) is 0 Å². The zero-order valence-electron chi connectivity index (χ0n) is 13.1.